The summed E-state index contributed by atoms with van der Waals surface area (Å²) in [6.07, 6.45) is 0.793. The van der Waals surface area contributed by atoms with Gasteiger partial charge in [-0.05, 0) is 86.0 Å². The van der Waals surface area contributed by atoms with E-state index in [0.29, 0.717) is 11.4 Å². The number of nitrogens with zero attached hydrogens (tertiary/aromatic N) is 1. The number of ether oxygens (including phenoxy) is 1. The molecule has 1 amide bonds. The van der Waals surface area contributed by atoms with Crippen molar-refractivity contribution in [2.45, 2.75) is 31.2 Å². The van der Waals surface area contributed by atoms with E-state index in [0.717, 1.165) is 27.7 Å². The van der Waals surface area contributed by atoms with Crippen LogP contribution in [0.5, 0.6) is 5.75 Å². The van der Waals surface area contributed by atoms with Crippen molar-refractivity contribution in [1.82, 2.24) is 0 Å². The average molecular weight is 515 g/mol. The van der Waals surface area contributed by atoms with Crippen molar-refractivity contribution in [3.63, 3.8) is 0 Å². The van der Waals surface area contributed by atoms with Gasteiger partial charge in [0.25, 0.3) is 15.9 Å². The van der Waals surface area contributed by atoms with Gasteiger partial charge in [0.15, 0.2) is 6.61 Å². The number of halogens is 1. The van der Waals surface area contributed by atoms with Crippen LogP contribution in [-0.2, 0) is 21.2 Å². The Labute approximate surface area is 196 Å². The van der Waals surface area contributed by atoms with Crippen LogP contribution in [0.2, 0.25) is 0 Å². The fraction of sp³-hybridized carbons (Fsp3) is 0.208. The number of aryl methyl sites for hydroxylation is 1. The zero-order valence-corrected chi connectivity index (χ0v) is 20.1. The predicted molar refractivity (Wildman–Crippen MR) is 129 cm³/mol. The second-order valence-corrected chi connectivity index (χ2v) is 10.4. The van der Waals surface area contributed by atoms with Gasteiger partial charge >= 0.3 is 0 Å². The number of rotatable bonds is 6. The molecule has 0 saturated heterocycles. The molecule has 0 bridgehead atoms. The van der Waals surface area contributed by atoms with Crippen LogP contribution < -0.4 is 14.4 Å². The monoisotopic (exact) mass is 514 g/mol. The number of hydrogen-bond donors (Lipinski definition) is 1. The fourth-order valence-electron chi connectivity index (χ4n) is 3.83. The van der Waals surface area contributed by atoms with Gasteiger partial charge in [-0.3, -0.25) is 9.52 Å². The first-order valence-corrected chi connectivity index (χ1v) is 12.4. The number of nitrogens with one attached hydrogen (secondary N) is 1. The highest BCUT2D eigenvalue weighted by atomic mass is 79.9. The van der Waals surface area contributed by atoms with E-state index in [2.05, 4.69) is 20.7 Å². The Morgan fingerprint density at radius 2 is 1.88 bits per heavy atom. The van der Waals surface area contributed by atoms with Crippen molar-refractivity contribution in [3.05, 3.63) is 82.3 Å². The van der Waals surface area contributed by atoms with Crippen molar-refractivity contribution in [2.75, 3.05) is 16.2 Å². The van der Waals surface area contributed by atoms with Gasteiger partial charge in [0.2, 0.25) is 0 Å². The first-order valence-electron chi connectivity index (χ1n) is 10.2. The normalized spacial score (nSPS) is 15.3. The topological polar surface area (TPSA) is 75.7 Å². The Bertz CT molecular complexity index is 1260. The minimum Gasteiger partial charge on any atom is -0.484 e. The molecule has 1 N–H and O–H groups in total. The first kappa shape index (κ1) is 22.4. The molecule has 0 radical (unpaired) electrons. The van der Waals surface area contributed by atoms with Crippen molar-refractivity contribution in [1.29, 1.82) is 0 Å². The third kappa shape index (κ3) is 4.81. The summed E-state index contributed by atoms with van der Waals surface area (Å²) in [6, 6.07) is 19.1. The molecule has 0 aliphatic carbocycles. The second kappa shape index (κ2) is 8.96. The van der Waals surface area contributed by atoms with E-state index >= 15 is 0 Å². The molecule has 0 fully saturated rings. The quantitative estimate of drug-likeness (QED) is 0.506. The van der Waals surface area contributed by atoms with Crippen LogP contribution in [0.1, 0.15) is 18.1 Å². The third-order valence-electron chi connectivity index (χ3n) is 5.29. The molecular weight excluding hydrogens is 492 g/mol. The Morgan fingerprint density at radius 1 is 1.12 bits per heavy atom. The summed E-state index contributed by atoms with van der Waals surface area (Å²) >= 11 is 3.47. The maximum Gasteiger partial charge on any atom is 0.265 e. The molecule has 1 aliphatic rings. The predicted octanol–water partition coefficient (Wildman–Crippen LogP) is 4.91. The SMILES string of the molecule is Cc1cccc(NS(=O)(=O)c2ccc(OCC(=O)N3c4ccc(Br)cc4C[C@H]3C)cc2)c1. The van der Waals surface area contributed by atoms with E-state index < -0.39 is 10.0 Å². The molecule has 1 aliphatic heterocycles. The molecule has 6 nitrogen and oxygen atoms in total. The van der Waals surface area contributed by atoms with E-state index in [9.17, 15) is 13.2 Å². The number of fused-ring (bicyclic) bond motifs is 1. The van der Waals surface area contributed by atoms with Crippen molar-refractivity contribution < 1.29 is 17.9 Å². The number of anilines is 2. The molecule has 32 heavy (non-hydrogen) atoms. The summed E-state index contributed by atoms with van der Waals surface area (Å²) in [6.45, 7) is 3.77. The van der Waals surface area contributed by atoms with Crippen molar-refractivity contribution >= 4 is 43.2 Å². The minimum absolute atomic E-state index is 0.0515. The van der Waals surface area contributed by atoms with E-state index in [1.165, 1.54) is 12.1 Å². The highest BCUT2D eigenvalue weighted by Gasteiger charge is 2.31. The van der Waals surface area contributed by atoms with Crippen LogP contribution in [0.15, 0.2) is 76.1 Å². The zero-order chi connectivity index (χ0) is 22.9. The lowest BCUT2D eigenvalue weighted by atomic mass is 10.1. The van der Waals surface area contributed by atoms with Gasteiger partial charge in [-0.25, -0.2) is 8.42 Å². The highest BCUT2D eigenvalue weighted by Crippen LogP contribution is 2.34. The molecule has 1 atom stereocenters. The number of carbonyl (C=O) groups excluding carboxylic acids is 1. The number of hydrogen-bond acceptors (Lipinski definition) is 4. The Balaban J connectivity index is 1.41. The van der Waals surface area contributed by atoms with Crippen LogP contribution in [0.4, 0.5) is 11.4 Å². The molecule has 0 spiro atoms. The number of carbonyl (C=O) groups is 1. The lowest BCUT2D eigenvalue weighted by Gasteiger charge is -2.22. The van der Waals surface area contributed by atoms with Crippen LogP contribution in [-0.4, -0.2) is 27.0 Å². The van der Waals surface area contributed by atoms with Crippen LogP contribution >= 0.6 is 15.9 Å². The van der Waals surface area contributed by atoms with Gasteiger partial charge in [-0.2, -0.15) is 0 Å². The Morgan fingerprint density at radius 3 is 2.59 bits per heavy atom. The van der Waals surface area contributed by atoms with Crippen molar-refractivity contribution in [3.8, 4) is 5.75 Å². The van der Waals surface area contributed by atoms with Crippen LogP contribution in [0, 0.1) is 6.92 Å². The molecule has 8 heteroatoms. The second-order valence-electron chi connectivity index (χ2n) is 7.82. The zero-order valence-electron chi connectivity index (χ0n) is 17.7. The van der Waals surface area contributed by atoms with E-state index in [1.54, 1.807) is 35.2 Å². The molecule has 0 saturated carbocycles. The standard InChI is InChI=1S/C24H23BrN2O4S/c1-16-4-3-5-20(12-16)26-32(29,30)22-9-7-21(8-10-22)31-15-24(28)27-17(2)13-18-14-19(25)6-11-23(18)27/h3-12,14,17,26H,13,15H2,1-2H3/t17-/m1/s1. The van der Waals surface area contributed by atoms with Crippen LogP contribution in [0.25, 0.3) is 0 Å². The van der Waals surface area contributed by atoms with Gasteiger partial charge in [-0.15, -0.1) is 0 Å². The summed E-state index contributed by atoms with van der Waals surface area (Å²) in [5.74, 6) is 0.284. The fourth-order valence-corrected chi connectivity index (χ4v) is 5.29. The lowest BCUT2D eigenvalue weighted by molar-refractivity contribution is -0.120. The Hall–Kier alpha value is -2.84. The molecular formula is C24H23BrN2O4S. The molecule has 4 rings (SSSR count). The number of sulfonamides is 1. The van der Waals surface area contributed by atoms with Gasteiger partial charge in [-0.1, -0.05) is 28.1 Å². The number of amides is 1. The van der Waals surface area contributed by atoms with Crippen molar-refractivity contribution in [2.24, 2.45) is 0 Å². The highest BCUT2D eigenvalue weighted by molar-refractivity contribution is 9.10. The summed E-state index contributed by atoms with van der Waals surface area (Å²) in [7, 11) is -3.72. The smallest absolute Gasteiger partial charge is 0.265 e. The summed E-state index contributed by atoms with van der Waals surface area (Å²) in [4.78, 5) is 14.7. The Kier molecular flexibility index (Phi) is 6.26. The average Bonchev–Trinajstić information content (AvgIpc) is 3.06. The summed E-state index contributed by atoms with van der Waals surface area (Å²) in [5.41, 5.74) is 3.48. The largest absolute Gasteiger partial charge is 0.484 e. The maximum absolute atomic E-state index is 12.8. The third-order valence-corrected chi connectivity index (χ3v) is 7.18. The lowest BCUT2D eigenvalue weighted by Crippen LogP contribution is -2.39. The maximum atomic E-state index is 12.8. The summed E-state index contributed by atoms with van der Waals surface area (Å²) < 4.78 is 34.5. The molecule has 166 valence electrons. The van der Waals surface area contributed by atoms with Gasteiger partial charge in [0, 0.05) is 21.9 Å². The van der Waals surface area contributed by atoms with E-state index in [-0.39, 0.29) is 23.5 Å². The summed E-state index contributed by atoms with van der Waals surface area (Å²) in [5, 5.41) is 0. The molecule has 0 unspecified atom stereocenters. The molecule has 0 aromatic heterocycles. The molecule has 3 aromatic rings. The first-order chi connectivity index (χ1) is 15.2. The van der Waals surface area contributed by atoms with Gasteiger partial charge in [0.1, 0.15) is 5.75 Å². The van der Waals surface area contributed by atoms with Crippen LogP contribution in [0.3, 0.4) is 0 Å². The minimum atomic E-state index is -3.72. The van der Waals surface area contributed by atoms with E-state index in [1.807, 2.05) is 38.1 Å². The number of benzene rings is 3. The van der Waals surface area contributed by atoms with E-state index in [4.69, 9.17) is 4.74 Å². The van der Waals surface area contributed by atoms with Gasteiger partial charge < -0.3 is 9.64 Å². The van der Waals surface area contributed by atoms with Gasteiger partial charge in [0.05, 0.1) is 4.90 Å². The molecule has 1 heterocycles. The molecule has 3 aromatic carbocycles.